The maximum absolute atomic E-state index is 11.5. The van der Waals surface area contributed by atoms with Gasteiger partial charge in [0.2, 0.25) is 5.57 Å². The molecule has 17 heavy (non-hydrogen) atoms. The molecule has 0 bridgehead atoms. The zero-order valence-corrected chi connectivity index (χ0v) is 12.9. The van der Waals surface area contributed by atoms with Gasteiger partial charge in [-0.2, -0.15) is 0 Å². The molecule has 0 radical (unpaired) electrons. The normalized spacial score (nSPS) is 13.8. The fourth-order valence-corrected chi connectivity index (χ4v) is 2.17. The van der Waals surface area contributed by atoms with E-state index >= 15 is 0 Å². The molecule has 0 amide bonds. The number of halogens is 1. The molecule has 1 unspecified atom stereocenters. The summed E-state index contributed by atoms with van der Waals surface area (Å²) in [6, 6.07) is 3.14. The van der Waals surface area contributed by atoms with Crippen molar-refractivity contribution in [2.45, 2.75) is 0 Å². The van der Waals surface area contributed by atoms with E-state index in [1.165, 1.54) is 17.4 Å². The second-order valence-electron chi connectivity index (χ2n) is 3.19. The molecular formula is C8H8ClN4NaO2P+. The third-order valence-electron chi connectivity index (χ3n) is 1.86. The predicted molar refractivity (Wildman–Crippen MR) is 59.5 cm³/mol. The van der Waals surface area contributed by atoms with Gasteiger partial charge in [-0.3, -0.25) is 9.13 Å². The van der Waals surface area contributed by atoms with Gasteiger partial charge in [0.05, 0.1) is 0 Å². The summed E-state index contributed by atoms with van der Waals surface area (Å²) in [6.07, 6.45) is 2.97. The van der Waals surface area contributed by atoms with Gasteiger partial charge in [-0.1, -0.05) is 11.6 Å². The molecule has 9 heteroatoms. The average molecular weight is 282 g/mol. The summed E-state index contributed by atoms with van der Waals surface area (Å²) in [7, 11) is -3.43. The molecule has 2 rings (SSSR count). The van der Waals surface area contributed by atoms with Crippen molar-refractivity contribution >= 4 is 24.5 Å². The minimum absolute atomic E-state index is 0. The Balaban J connectivity index is 0.00000144. The zero-order chi connectivity index (χ0) is 11.8. The molecule has 2 heterocycles. The molecule has 6 nitrogen and oxygen atoms in total. The van der Waals surface area contributed by atoms with Crippen molar-refractivity contribution in [3.8, 4) is 5.82 Å². The fourth-order valence-electron chi connectivity index (χ4n) is 1.22. The molecule has 2 aromatic rings. The Labute approximate surface area is 125 Å². The summed E-state index contributed by atoms with van der Waals surface area (Å²) in [4.78, 5) is 13.3. The van der Waals surface area contributed by atoms with Gasteiger partial charge in [-0.25, -0.2) is 4.98 Å². The van der Waals surface area contributed by atoms with Gasteiger partial charge in [0.25, 0.3) is 7.37 Å². The topological polar surface area (TPSA) is 80.9 Å². The standard InChI is InChI=1S/C8H8ClN4O2P.Na/c1-16(14,15)8-10-4-5-13(8)7-3-2-6(9)11-12-7;/h2-5H,1H3,(H,14,15);/q;+1. The van der Waals surface area contributed by atoms with Crippen molar-refractivity contribution in [2.75, 3.05) is 6.66 Å². The molecule has 0 fully saturated rings. The Morgan fingerprint density at radius 1 is 1.41 bits per heavy atom. The first kappa shape index (κ1) is 14.8. The number of rotatable bonds is 2. The Kier molecular flexibility index (Phi) is 4.89. The summed E-state index contributed by atoms with van der Waals surface area (Å²) in [5.74, 6) is 0.396. The van der Waals surface area contributed by atoms with Crippen molar-refractivity contribution in [3.05, 3.63) is 29.7 Å². The number of imidazole rings is 1. The third kappa shape index (κ3) is 3.37. The van der Waals surface area contributed by atoms with Crippen LogP contribution in [0.15, 0.2) is 24.5 Å². The number of hydrogen-bond acceptors (Lipinski definition) is 4. The van der Waals surface area contributed by atoms with Gasteiger partial charge in [0, 0.05) is 19.1 Å². The third-order valence-corrected chi connectivity index (χ3v) is 3.13. The van der Waals surface area contributed by atoms with E-state index in [1.54, 1.807) is 18.3 Å². The second kappa shape index (κ2) is 5.61. The van der Waals surface area contributed by atoms with Crippen molar-refractivity contribution < 1.29 is 39.0 Å². The molecule has 0 aliphatic rings. The molecular weight excluding hydrogens is 274 g/mol. The van der Waals surface area contributed by atoms with Crippen molar-refractivity contribution in [3.63, 3.8) is 0 Å². The predicted octanol–water partition coefficient (Wildman–Crippen LogP) is -2.15. The van der Waals surface area contributed by atoms with E-state index in [-0.39, 0.29) is 40.3 Å². The summed E-state index contributed by atoms with van der Waals surface area (Å²) in [6.45, 7) is 1.22. The molecule has 0 aliphatic heterocycles. The molecule has 0 aromatic carbocycles. The minimum atomic E-state index is -3.43. The van der Waals surface area contributed by atoms with E-state index in [0.29, 0.717) is 5.82 Å². The monoisotopic (exact) mass is 281 g/mol. The Morgan fingerprint density at radius 2 is 2.12 bits per heavy atom. The first-order valence-electron chi connectivity index (χ1n) is 4.32. The van der Waals surface area contributed by atoms with Gasteiger partial charge in [0.15, 0.2) is 11.0 Å². The zero-order valence-electron chi connectivity index (χ0n) is 9.28. The maximum atomic E-state index is 11.5. The maximum Gasteiger partial charge on any atom is 1.00 e. The van der Waals surface area contributed by atoms with Crippen LogP contribution in [-0.4, -0.2) is 31.3 Å². The van der Waals surface area contributed by atoms with E-state index < -0.39 is 7.37 Å². The molecule has 2 aromatic heterocycles. The van der Waals surface area contributed by atoms with Crippen molar-refractivity contribution in [1.29, 1.82) is 0 Å². The Morgan fingerprint density at radius 3 is 2.65 bits per heavy atom. The van der Waals surface area contributed by atoms with Gasteiger partial charge < -0.3 is 4.89 Å². The van der Waals surface area contributed by atoms with E-state index in [4.69, 9.17) is 11.6 Å². The summed E-state index contributed by atoms with van der Waals surface area (Å²) >= 11 is 5.60. The van der Waals surface area contributed by atoms with E-state index in [1.807, 2.05) is 0 Å². The smallest absolute Gasteiger partial charge is 0.339 e. The van der Waals surface area contributed by atoms with Crippen LogP contribution < -0.4 is 35.1 Å². The largest absolute Gasteiger partial charge is 1.00 e. The van der Waals surface area contributed by atoms with Crippen LogP contribution in [0.4, 0.5) is 0 Å². The van der Waals surface area contributed by atoms with Crippen LogP contribution in [0.1, 0.15) is 0 Å². The van der Waals surface area contributed by atoms with Crippen LogP contribution in [0, 0.1) is 0 Å². The van der Waals surface area contributed by atoms with Crippen LogP contribution in [-0.2, 0) is 4.57 Å². The first-order valence-corrected chi connectivity index (χ1v) is 6.81. The first-order chi connectivity index (χ1) is 7.48. The minimum Gasteiger partial charge on any atom is -0.339 e. The van der Waals surface area contributed by atoms with Crippen LogP contribution in [0.2, 0.25) is 5.15 Å². The van der Waals surface area contributed by atoms with Crippen LogP contribution in [0.3, 0.4) is 0 Å². The van der Waals surface area contributed by atoms with Gasteiger partial charge >= 0.3 is 29.6 Å². The van der Waals surface area contributed by atoms with Gasteiger partial charge in [0.1, 0.15) is 0 Å². The number of nitrogens with zero attached hydrogens (tertiary/aromatic N) is 4. The SMILES string of the molecule is CP(=O)(O)c1nccn1-c1ccc(Cl)nn1.[Na+]. The summed E-state index contributed by atoms with van der Waals surface area (Å²) < 4.78 is 12.9. The van der Waals surface area contributed by atoms with Crippen molar-refractivity contribution in [1.82, 2.24) is 19.7 Å². The van der Waals surface area contributed by atoms with Crippen molar-refractivity contribution in [2.24, 2.45) is 0 Å². The Hall–Kier alpha value is -0.230. The average Bonchev–Trinajstić information content (AvgIpc) is 2.66. The fraction of sp³-hybridized carbons (Fsp3) is 0.125. The van der Waals surface area contributed by atoms with Crippen LogP contribution in [0.5, 0.6) is 0 Å². The second-order valence-corrected chi connectivity index (χ2v) is 5.74. The molecule has 84 valence electrons. The van der Waals surface area contributed by atoms with Crippen LogP contribution in [0.25, 0.3) is 5.82 Å². The molecule has 0 saturated heterocycles. The number of aromatic nitrogens is 4. The van der Waals surface area contributed by atoms with Gasteiger partial charge in [-0.15, -0.1) is 10.2 Å². The van der Waals surface area contributed by atoms with E-state index in [9.17, 15) is 9.46 Å². The Bertz CT molecular complexity index is 553. The van der Waals surface area contributed by atoms with E-state index in [0.717, 1.165) is 0 Å². The van der Waals surface area contributed by atoms with E-state index in [2.05, 4.69) is 15.2 Å². The molecule has 1 N–H and O–H groups in total. The molecule has 0 spiro atoms. The van der Waals surface area contributed by atoms with Crippen LogP contribution >= 0.6 is 19.0 Å². The molecule has 1 atom stereocenters. The quantitative estimate of drug-likeness (QED) is 0.501. The molecule has 0 aliphatic carbocycles. The molecule has 0 saturated carbocycles. The number of hydrogen-bond donors (Lipinski definition) is 1. The summed E-state index contributed by atoms with van der Waals surface area (Å²) in [5.41, 5.74) is 0.0594. The van der Waals surface area contributed by atoms with Gasteiger partial charge in [-0.05, 0) is 12.1 Å². The summed E-state index contributed by atoms with van der Waals surface area (Å²) in [5, 5.41) is 7.72.